The molecule has 0 spiro atoms. The minimum atomic E-state index is -0.226. The summed E-state index contributed by atoms with van der Waals surface area (Å²) in [7, 11) is 1.62. The van der Waals surface area contributed by atoms with Crippen LogP contribution in [0.4, 0.5) is 10.5 Å². The fourth-order valence-corrected chi connectivity index (χ4v) is 3.65. The second-order valence-corrected chi connectivity index (χ2v) is 6.98. The Morgan fingerprint density at radius 1 is 1.28 bits per heavy atom. The van der Waals surface area contributed by atoms with Crippen LogP contribution >= 0.6 is 0 Å². The largest absolute Gasteiger partial charge is 0.497 e. The van der Waals surface area contributed by atoms with Gasteiger partial charge in [0.05, 0.1) is 7.11 Å². The third-order valence-corrected chi connectivity index (χ3v) is 5.21. The molecule has 1 N–H and O–H groups in total. The molecule has 7 nitrogen and oxygen atoms in total. The molecule has 2 amide bonds. The monoisotopic (exact) mass is 392 g/mol. The third-order valence-electron chi connectivity index (χ3n) is 5.21. The van der Waals surface area contributed by atoms with Gasteiger partial charge in [-0.2, -0.15) is 4.98 Å². The zero-order valence-electron chi connectivity index (χ0n) is 16.6. The summed E-state index contributed by atoms with van der Waals surface area (Å²) in [6.45, 7) is 2.73. The van der Waals surface area contributed by atoms with Crippen LogP contribution in [-0.4, -0.2) is 34.7 Å². The molecule has 1 atom stereocenters. The van der Waals surface area contributed by atoms with E-state index in [1.54, 1.807) is 12.0 Å². The molecule has 1 saturated heterocycles. The minimum Gasteiger partial charge on any atom is -0.497 e. The number of nitrogens with one attached hydrogen (secondary N) is 1. The molecule has 0 aliphatic carbocycles. The summed E-state index contributed by atoms with van der Waals surface area (Å²) in [5, 5.41) is 7.15. The molecule has 1 aliphatic rings. The highest BCUT2D eigenvalue weighted by Gasteiger charge is 2.34. The molecule has 150 valence electrons. The van der Waals surface area contributed by atoms with Gasteiger partial charge >= 0.3 is 6.03 Å². The molecular weight excluding hydrogens is 368 g/mol. The number of aryl methyl sites for hydroxylation is 1. The van der Waals surface area contributed by atoms with Crippen LogP contribution in [0, 0.1) is 0 Å². The number of carbonyl (C=O) groups excluding carboxylic acids is 1. The number of likely N-dealkylation sites (tertiary alicyclic amines) is 1. The van der Waals surface area contributed by atoms with Crippen LogP contribution in [0.2, 0.25) is 0 Å². The van der Waals surface area contributed by atoms with E-state index in [1.165, 1.54) is 0 Å². The Hall–Kier alpha value is -3.35. The number of ether oxygens (including phenoxy) is 1. The van der Waals surface area contributed by atoms with Crippen molar-refractivity contribution in [2.45, 2.75) is 32.2 Å². The zero-order chi connectivity index (χ0) is 20.2. The molecular formula is C22H24N4O3. The number of urea groups is 1. The molecule has 1 fully saturated rings. The Morgan fingerprint density at radius 3 is 2.97 bits per heavy atom. The van der Waals surface area contributed by atoms with Crippen molar-refractivity contribution in [1.29, 1.82) is 0 Å². The maximum atomic E-state index is 12.9. The van der Waals surface area contributed by atoms with Gasteiger partial charge in [-0.3, -0.25) is 0 Å². The SMILES string of the molecule is CCc1ccccc1NC(=O)N1CCC[C@@H]1c1nc(-c2cccc(OC)c2)no1. The van der Waals surface area contributed by atoms with Gasteiger partial charge in [-0.1, -0.05) is 42.4 Å². The highest BCUT2D eigenvalue weighted by Crippen LogP contribution is 2.33. The summed E-state index contributed by atoms with van der Waals surface area (Å²) in [5.41, 5.74) is 2.76. The molecule has 0 radical (unpaired) electrons. The summed E-state index contributed by atoms with van der Waals surface area (Å²) in [6, 6.07) is 15.0. The van der Waals surface area contributed by atoms with Crippen molar-refractivity contribution in [2.75, 3.05) is 19.0 Å². The number of aromatic nitrogens is 2. The van der Waals surface area contributed by atoms with E-state index in [0.29, 0.717) is 18.3 Å². The first-order valence-electron chi connectivity index (χ1n) is 9.83. The molecule has 0 saturated carbocycles. The number of carbonyl (C=O) groups is 1. The normalized spacial score (nSPS) is 16.1. The molecule has 3 aromatic rings. The van der Waals surface area contributed by atoms with E-state index in [2.05, 4.69) is 22.4 Å². The Morgan fingerprint density at radius 2 is 2.14 bits per heavy atom. The first-order valence-corrected chi connectivity index (χ1v) is 9.83. The van der Waals surface area contributed by atoms with Crippen molar-refractivity contribution in [3.63, 3.8) is 0 Å². The van der Waals surface area contributed by atoms with Gasteiger partial charge in [0.2, 0.25) is 11.7 Å². The first kappa shape index (κ1) is 19.0. The Bertz CT molecular complexity index is 1000. The van der Waals surface area contributed by atoms with E-state index in [9.17, 15) is 4.79 Å². The molecule has 1 aromatic heterocycles. The van der Waals surface area contributed by atoms with Crippen LogP contribution in [0.1, 0.15) is 37.3 Å². The second kappa shape index (κ2) is 8.34. The smallest absolute Gasteiger partial charge is 0.322 e. The fraction of sp³-hybridized carbons (Fsp3) is 0.318. The quantitative estimate of drug-likeness (QED) is 0.682. The number of methoxy groups -OCH3 is 1. The van der Waals surface area contributed by atoms with Gasteiger partial charge in [0.25, 0.3) is 0 Å². The Balaban J connectivity index is 1.52. The van der Waals surface area contributed by atoms with Gasteiger partial charge in [0, 0.05) is 17.8 Å². The van der Waals surface area contributed by atoms with Gasteiger partial charge in [-0.05, 0) is 43.0 Å². The summed E-state index contributed by atoms with van der Waals surface area (Å²) < 4.78 is 10.8. The summed E-state index contributed by atoms with van der Waals surface area (Å²) in [5.74, 6) is 1.67. The molecule has 7 heteroatoms. The van der Waals surface area contributed by atoms with E-state index >= 15 is 0 Å². The Labute approximate surface area is 169 Å². The maximum Gasteiger partial charge on any atom is 0.322 e. The van der Waals surface area contributed by atoms with Crippen LogP contribution in [0.15, 0.2) is 53.1 Å². The van der Waals surface area contributed by atoms with Gasteiger partial charge < -0.3 is 19.5 Å². The highest BCUT2D eigenvalue weighted by molar-refractivity contribution is 5.90. The minimum absolute atomic E-state index is 0.144. The number of anilines is 1. The Kier molecular flexibility index (Phi) is 5.46. The number of nitrogens with zero attached hydrogens (tertiary/aromatic N) is 3. The van der Waals surface area contributed by atoms with Crippen LogP contribution < -0.4 is 10.1 Å². The van der Waals surface area contributed by atoms with Crippen molar-refractivity contribution >= 4 is 11.7 Å². The maximum absolute atomic E-state index is 12.9. The lowest BCUT2D eigenvalue weighted by Gasteiger charge is -2.23. The number of hydrogen-bond acceptors (Lipinski definition) is 5. The topological polar surface area (TPSA) is 80.5 Å². The molecule has 2 heterocycles. The summed E-state index contributed by atoms with van der Waals surface area (Å²) in [6.07, 6.45) is 2.54. The number of hydrogen-bond donors (Lipinski definition) is 1. The van der Waals surface area contributed by atoms with Crippen molar-refractivity contribution in [2.24, 2.45) is 0 Å². The van der Waals surface area contributed by atoms with E-state index < -0.39 is 0 Å². The number of para-hydroxylation sites is 1. The van der Waals surface area contributed by atoms with E-state index in [-0.39, 0.29) is 12.1 Å². The van der Waals surface area contributed by atoms with Crippen molar-refractivity contribution in [3.8, 4) is 17.1 Å². The molecule has 0 unspecified atom stereocenters. The average molecular weight is 392 g/mol. The van der Waals surface area contributed by atoms with Gasteiger partial charge in [-0.25, -0.2) is 4.79 Å². The molecule has 4 rings (SSSR count). The number of rotatable bonds is 5. The predicted molar refractivity (Wildman–Crippen MR) is 110 cm³/mol. The van der Waals surface area contributed by atoms with Gasteiger partial charge in [0.1, 0.15) is 11.8 Å². The van der Waals surface area contributed by atoms with Crippen molar-refractivity contribution in [1.82, 2.24) is 15.0 Å². The van der Waals surface area contributed by atoms with E-state index in [1.807, 2.05) is 48.5 Å². The third kappa shape index (κ3) is 3.94. The zero-order valence-corrected chi connectivity index (χ0v) is 16.6. The predicted octanol–water partition coefficient (Wildman–Crippen LogP) is 4.68. The lowest BCUT2D eigenvalue weighted by atomic mass is 10.1. The van der Waals surface area contributed by atoms with Gasteiger partial charge in [0.15, 0.2) is 0 Å². The highest BCUT2D eigenvalue weighted by atomic mass is 16.5. The van der Waals surface area contributed by atoms with Crippen LogP contribution in [-0.2, 0) is 6.42 Å². The molecule has 2 aromatic carbocycles. The lowest BCUT2D eigenvalue weighted by molar-refractivity contribution is 0.193. The van der Waals surface area contributed by atoms with Gasteiger partial charge in [-0.15, -0.1) is 0 Å². The average Bonchev–Trinajstić information content (AvgIpc) is 3.43. The van der Waals surface area contributed by atoms with E-state index in [0.717, 1.165) is 41.8 Å². The van der Waals surface area contributed by atoms with Crippen molar-refractivity contribution in [3.05, 3.63) is 60.0 Å². The first-order chi connectivity index (χ1) is 14.2. The fourth-order valence-electron chi connectivity index (χ4n) is 3.65. The van der Waals surface area contributed by atoms with Crippen LogP contribution in [0.25, 0.3) is 11.4 Å². The standard InChI is InChI=1S/C22H24N4O3/c1-3-15-8-4-5-11-18(15)23-22(27)26-13-7-12-19(26)21-24-20(25-29-21)16-9-6-10-17(14-16)28-2/h4-6,8-11,14,19H,3,7,12-13H2,1-2H3,(H,23,27)/t19-/m1/s1. The molecule has 0 bridgehead atoms. The lowest BCUT2D eigenvalue weighted by Crippen LogP contribution is -2.34. The second-order valence-electron chi connectivity index (χ2n) is 6.98. The van der Waals surface area contributed by atoms with Crippen molar-refractivity contribution < 1.29 is 14.1 Å². The van der Waals surface area contributed by atoms with Crippen LogP contribution in [0.5, 0.6) is 5.75 Å². The summed E-state index contributed by atoms with van der Waals surface area (Å²) >= 11 is 0. The summed E-state index contributed by atoms with van der Waals surface area (Å²) in [4.78, 5) is 19.3. The van der Waals surface area contributed by atoms with E-state index in [4.69, 9.17) is 9.26 Å². The molecule has 29 heavy (non-hydrogen) atoms. The molecule has 1 aliphatic heterocycles. The number of amides is 2. The van der Waals surface area contributed by atoms with Crippen LogP contribution in [0.3, 0.4) is 0 Å². The number of benzene rings is 2.